The van der Waals surface area contributed by atoms with Crippen molar-refractivity contribution in [3.8, 4) is 0 Å². The van der Waals surface area contributed by atoms with Crippen molar-refractivity contribution in [3.63, 3.8) is 0 Å². The summed E-state index contributed by atoms with van der Waals surface area (Å²) in [6.07, 6.45) is 2.86. The quantitative estimate of drug-likeness (QED) is 0.764. The molecule has 5 nitrogen and oxygen atoms in total. The molecule has 0 aromatic carbocycles. The molecule has 6 heteroatoms. The van der Waals surface area contributed by atoms with Crippen LogP contribution in [0.15, 0.2) is 12.4 Å². The Morgan fingerprint density at radius 1 is 1.62 bits per heavy atom. The predicted molar refractivity (Wildman–Crippen MR) is 47.8 cm³/mol. The lowest BCUT2D eigenvalue weighted by Gasteiger charge is -2.09. The topological polar surface area (TPSA) is 75.1 Å². The molecule has 70 valence electrons. The van der Waals surface area contributed by atoms with E-state index in [0.717, 1.165) is 0 Å². The lowest BCUT2D eigenvalue weighted by molar-refractivity contribution is -0.137. The third kappa shape index (κ3) is 2.55. The second kappa shape index (κ2) is 4.04. The van der Waals surface area contributed by atoms with Gasteiger partial charge in [0.2, 0.25) is 0 Å². The van der Waals surface area contributed by atoms with Gasteiger partial charge in [-0.2, -0.15) is 0 Å². The van der Waals surface area contributed by atoms with Crippen molar-refractivity contribution in [2.75, 3.05) is 5.32 Å². The molecule has 1 unspecified atom stereocenters. The zero-order valence-corrected chi connectivity index (χ0v) is 7.62. The number of hydrogen-bond acceptors (Lipinski definition) is 4. The molecule has 0 saturated heterocycles. The van der Waals surface area contributed by atoms with Crippen molar-refractivity contribution in [2.45, 2.75) is 13.0 Å². The van der Waals surface area contributed by atoms with E-state index >= 15 is 0 Å². The number of aliphatic carboxylic acids is 1. The Hall–Kier alpha value is -1.36. The molecule has 0 aliphatic heterocycles. The van der Waals surface area contributed by atoms with E-state index in [4.69, 9.17) is 16.7 Å². The van der Waals surface area contributed by atoms with E-state index in [1.165, 1.54) is 19.3 Å². The molecule has 1 rings (SSSR count). The maximum atomic E-state index is 10.5. The molecule has 0 aliphatic carbocycles. The van der Waals surface area contributed by atoms with Gasteiger partial charge in [0.1, 0.15) is 6.04 Å². The zero-order chi connectivity index (χ0) is 9.84. The Balaban J connectivity index is 2.74. The average Bonchev–Trinajstić information content (AvgIpc) is 2.08. The summed E-state index contributed by atoms with van der Waals surface area (Å²) < 4.78 is 0. The summed E-state index contributed by atoms with van der Waals surface area (Å²) in [4.78, 5) is 18.0. The van der Waals surface area contributed by atoms with Gasteiger partial charge in [-0.1, -0.05) is 11.6 Å². The van der Waals surface area contributed by atoms with Crippen LogP contribution >= 0.6 is 11.6 Å². The van der Waals surface area contributed by atoms with Crippen LogP contribution in [0.1, 0.15) is 6.92 Å². The third-order valence-corrected chi connectivity index (χ3v) is 1.65. The molecule has 0 radical (unpaired) electrons. The molecule has 1 aromatic rings. The van der Waals surface area contributed by atoms with Crippen LogP contribution in [-0.2, 0) is 4.79 Å². The number of hydrogen-bond donors (Lipinski definition) is 2. The van der Waals surface area contributed by atoms with Crippen molar-refractivity contribution in [3.05, 3.63) is 17.5 Å². The van der Waals surface area contributed by atoms with E-state index in [1.807, 2.05) is 0 Å². The Bertz CT molecular complexity index is 318. The molecule has 1 heterocycles. The van der Waals surface area contributed by atoms with Gasteiger partial charge in [-0.15, -0.1) is 0 Å². The molecule has 1 aromatic heterocycles. The van der Waals surface area contributed by atoms with Crippen LogP contribution in [0, 0.1) is 0 Å². The largest absolute Gasteiger partial charge is 0.480 e. The first kappa shape index (κ1) is 9.73. The Morgan fingerprint density at radius 3 is 2.77 bits per heavy atom. The zero-order valence-electron chi connectivity index (χ0n) is 6.86. The van der Waals surface area contributed by atoms with E-state index in [0.29, 0.717) is 0 Å². The molecular formula is C7H8ClN3O2. The summed E-state index contributed by atoms with van der Waals surface area (Å²) in [5.74, 6) is -0.694. The van der Waals surface area contributed by atoms with Gasteiger partial charge in [-0.3, -0.25) is 4.79 Å². The highest BCUT2D eigenvalue weighted by Gasteiger charge is 2.12. The van der Waals surface area contributed by atoms with Crippen LogP contribution in [0.2, 0.25) is 5.15 Å². The fourth-order valence-electron chi connectivity index (χ4n) is 0.685. The molecule has 2 N–H and O–H groups in total. The van der Waals surface area contributed by atoms with Gasteiger partial charge >= 0.3 is 5.97 Å². The number of nitrogens with one attached hydrogen (secondary N) is 1. The van der Waals surface area contributed by atoms with Crippen LogP contribution in [0.25, 0.3) is 0 Å². The third-order valence-electron chi connectivity index (χ3n) is 1.38. The number of nitrogens with zero attached hydrogens (tertiary/aromatic N) is 2. The summed E-state index contributed by atoms with van der Waals surface area (Å²) >= 11 is 5.64. The maximum absolute atomic E-state index is 10.5. The number of carboxylic acid groups (broad SMARTS) is 1. The summed E-state index contributed by atoms with van der Waals surface area (Å²) in [5, 5.41) is 11.3. The van der Waals surface area contributed by atoms with Crippen LogP contribution in [0.4, 0.5) is 5.82 Å². The van der Waals surface area contributed by atoms with Crippen molar-refractivity contribution in [2.24, 2.45) is 0 Å². The Kier molecular flexibility index (Phi) is 3.02. The molecule has 0 bridgehead atoms. The highest BCUT2D eigenvalue weighted by molar-refractivity contribution is 6.31. The minimum absolute atomic E-state index is 0.163. The normalized spacial score (nSPS) is 12.2. The van der Waals surface area contributed by atoms with E-state index in [-0.39, 0.29) is 11.0 Å². The molecule has 0 spiro atoms. The van der Waals surface area contributed by atoms with Crippen molar-refractivity contribution in [1.82, 2.24) is 9.97 Å². The Labute approximate surface area is 79.8 Å². The fraction of sp³-hybridized carbons (Fsp3) is 0.286. The first-order valence-corrected chi connectivity index (χ1v) is 3.95. The molecule has 0 fully saturated rings. The van der Waals surface area contributed by atoms with Gasteiger partial charge in [0.05, 0.1) is 0 Å². The van der Waals surface area contributed by atoms with Crippen LogP contribution in [0.3, 0.4) is 0 Å². The van der Waals surface area contributed by atoms with E-state index in [1.54, 1.807) is 0 Å². The highest BCUT2D eigenvalue weighted by atomic mass is 35.5. The van der Waals surface area contributed by atoms with Crippen LogP contribution < -0.4 is 5.32 Å². The van der Waals surface area contributed by atoms with E-state index in [2.05, 4.69) is 15.3 Å². The number of anilines is 1. The SMILES string of the molecule is CC(Nc1nccnc1Cl)C(=O)O. The second-order valence-corrected chi connectivity index (χ2v) is 2.76. The fourth-order valence-corrected chi connectivity index (χ4v) is 0.844. The van der Waals surface area contributed by atoms with Crippen molar-refractivity contribution in [1.29, 1.82) is 0 Å². The molecule has 0 amide bonds. The number of carboxylic acids is 1. The minimum atomic E-state index is -0.971. The standard InChI is InChI=1S/C7H8ClN3O2/c1-4(7(12)13)11-6-5(8)9-2-3-10-6/h2-4H,1H3,(H,10,11)(H,12,13). The number of halogens is 1. The molecule has 0 saturated carbocycles. The molecule has 1 atom stereocenters. The van der Waals surface area contributed by atoms with Crippen LogP contribution in [0.5, 0.6) is 0 Å². The van der Waals surface area contributed by atoms with Gasteiger partial charge in [-0.05, 0) is 6.92 Å². The van der Waals surface area contributed by atoms with Crippen LogP contribution in [-0.4, -0.2) is 27.1 Å². The Morgan fingerprint density at radius 2 is 2.23 bits per heavy atom. The van der Waals surface area contributed by atoms with Crippen molar-refractivity contribution < 1.29 is 9.90 Å². The smallest absolute Gasteiger partial charge is 0.325 e. The second-order valence-electron chi connectivity index (χ2n) is 2.40. The van der Waals surface area contributed by atoms with Gasteiger partial charge < -0.3 is 10.4 Å². The summed E-state index contributed by atoms with van der Waals surface area (Å²) in [6, 6.07) is -0.741. The summed E-state index contributed by atoms with van der Waals surface area (Å²) in [6.45, 7) is 1.49. The average molecular weight is 202 g/mol. The first-order valence-electron chi connectivity index (χ1n) is 3.57. The van der Waals surface area contributed by atoms with Crippen molar-refractivity contribution >= 4 is 23.4 Å². The highest BCUT2D eigenvalue weighted by Crippen LogP contribution is 2.14. The minimum Gasteiger partial charge on any atom is -0.480 e. The van der Waals surface area contributed by atoms with Gasteiger partial charge in [0, 0.05) is 12.4 Å². The van der Waals surface area contributed by atoms with E-state index < -0.39 is 12.0 Å². The first-order chi connectivity index (χ1) is 6.11. The molecular weight excluding hydrogens is 194 g/mol. The molecule has 13 heavy (non-hydrogen) atoms. The van der Waals surface area contributed by atoms with E-state index in [9.17, 15) is 4.79 Å². The predicted octanol–water partition coefficient (Wildman–Crippen LogP) is 1.01. The van der Waals surface area contributed by atoms with Gasteiger partial charge in [-0.25, -0.2) is 9.97 Å². The molecule has 0 aliphatic rings. The lowest BCUT2D eigenvalue weighted by atomic mass is 10.3. The van der Waals surface area contributed by atoms with Gasteiger partial charge in [0.15, 0.2) is 11.0 Å². The number of carbonyl (C=O) groups is 1. The maximum Gasteiger partial charge on any atom is 0.325 e. The monoisotopic (exact) mass is 201 g/mol. The van der Waals surface area contributed by atoms with Gasteiger partial charge in [0.25, 0.3) is 0 Å². The lowest BCUT2D eigenvalue weighted by Crippen LogP contribution is -2.26. The summed E-state index contributed by atoms with van der Waals surface area (Å²) in [7, 11) is 0. The number of rotatable bonds is 3. The summed E-state index contributed by atoms with van der Waals surface area (Å²) in [5.41, 5.74) is 0. The number of aromatic nitrogens is 2.